The van der Waals surface area contributed by atoms with Crippen molar-refractivity contribution in [3.63, 3.8) is 0 Å². The molecule has 0 unspecified atom stereocenters. The van der Waals surface area contributed by atoms with Gasteiger partial charge in [-0.3, -0.25) is 0 Å². The topological polar surface area (TPSA) is 35.0 Å². The molecule has 36 valence electrons. The van der Waals surface area contributed by atoms with Gasteiger partial charge in [-0.05, 0) is 0 Å². The van der Waals surface area contributed by atoms with Crippen LogP contribution >= 0.6 is 37.2 Å². The zero-order chi connectivity index (χ0) is 0. The molecule has 0 atom stereocenters. The fourth-order valence-electron chi connectivity index (χ4n) is 0. The Labute approximate surface area is 91.3 Å². The number of hydrogen-bond acceptors (Lipinski definition) is 1. The van der Waals surface area contributed by atoms with Gasteiger partial charge in [-0.1, -0.05) is 0 Å². The number of halogens is 3. The van der Waals surface area contributed by atoms with Crippen LogP contribution in [0.25, 0.3) is 0 Å². The van der Waals surface area contributed by atoms with Crippen molar-refractivity contribution in [1.29, 1.82) is 0 Å². The summed E-state index contributed by atoms with van der Waals surface area (Å²) in [6.07, 6.45) is 0. The molecule has 0 aromatic rings. The van der Waals surface area contributed by atoms with E-state index in [1.165, 1.54) is 0 Å². The first-order chi connectivity index (χ1) is 0. The average molecular weight is 216 g/mol. The normalized spacial score (nSPS) is 0. The molecule has 0 heterocycles. The van der Waals surface area contributed by atoms with Crippen molar-refractivity contribution in [3.05, 3.63) is 0 Å². The fraction of sp³-hybridized carbons (Fsp3) is 0. The molecule has 0 aliphatic rings. The van der Waals surface area contributed by atoms with E-state index in [4.69, 9.17) is 0 Å². The van der Waals surface area contributed by atoms with Crippen molar-refractivity contribution in [1.82, 2.24) is 6.15 Å². The second kappa shape index (κ2) is 51.6. The molecule has 0 spiro atoms. The number of hydrogen-bond donors (Lipinski definition) is 1. The minimum atomic E-state index is 0. The van der Waals surface area contributed by atoms with Gasteiger partial charge in [0.15, 0.2) is 0 Å². The Morgan fingerprint density at radius 1 is 0.667 bits per heavy atom. The summed E-state index contributed by atoms with van der Waals surface area (Å²) in [6.45, 7) is 0. The van der Waals surface area contributed by atoms with Crippen LogP contribution in [0.5, 0.6) is 0 Å². The van der Waals surface area contributed by atoms with Crippen molar-refractivity contribution in [2.45, 2.75) is 0 Å². The van der Waals surface area contributed by atoms with Crippen molar-refractivity contribution in [2.75, 3.05) is 0 Å². The van der Waals surface area contributed by atoms with Crippen LogP contribution in [0, 0.1) is 0 Å². The fourth-order valence-corrected chi connectivity index (χ4v) is 0. The summed E-state index contributed by atoms with van der Waals surface area (Å²) < 4.78 is 0. The smallest absolute Gasteiger partial charge is 0 e. The maximum absolute atomic E-state index is 0. The van der Waals surface area contributed by atoms with Gasteiger partial charge in [-0.15, -0.1) is 37.2 Å². The molecule has 1 nitrogen and oxygen atoms in total. The Bertz CT molecular complexity index is 10.8. The third-order valence-electron chi connectivity index (χ3n) is 0. The molecule has 0 amide bonds. The summed E-state index contributed by atoms with van der Waals surface area (Å²) >= 11 is 0. The van der Waals surface area contributed by atoms with E-state index in [2.05, 4.69) is 0 Å². The van der Waals surface area contributed by atoms with E-state index < -0.39 is 0 Å². The van der Waals surface area contributed by atoms with Crippen LogP contribution in [-0.2, 0) is 19.5 Å². The van der Waals surface area contributed by atoms with Crippen LogP contribution in [0.2, 0.25) is 0 Å². The summed E-state index contributed by atoms with van der Waals surface area (Å²) in [5.41, 5.74) is 0. The van der Waals surface area contributed by atoms with E-state index in [-0.39, 0.29) is 92.4 Å². The molecule has 0 aliphatic heterocycles. The molecular formula is H7Cl3NNaZn. The maximum atomic E-state index is 0. The predicted molar refractivity (Wildman–Crippen MR) is 33.9 cm³/mol. The zero-order valence-electron chi connectivity index (χ0n) is 2.64. The standard InChI is InChI=1S/3ClH.H3N.Na.Zn.H/h3*1H;1H3;;;. The van der Waals surface area contributed by atoms with Gasteiger partial charge < -0.3 is 6.15 Å². The molecule has 0 fully saturated rings. The molecule has 0 radical (unpaired) electrons. The molecule has 0 aliphatic carbocycles. The van der Waals surface area contributed by atoms with E-state index in [1.54, 1.807) is 0 Å². The van der Waals surface area contributed by atoms with Crippen molar-refractivity contribution < 1.29 is 19.5 Å². The van der Waals surface area contributed by atoms with Crippen LogP contribution in [-0.4, -0.2) is 29.6 Å². The Balaban J connectivity index is 0. The SMILES string of the molecule is Cl.Cl.Cl.N.[NaH].[Zn]. The summed E-state index contributed by atoms with van der Waals surface area (Å²) in [4.78, 5) is 0. The van der Waals surface area contributed by atoms with Crippen molar-refractivity contribution in [3.8, 4) is 0 Å². The van der Waals surface area contributed by atoms with E-state index >= 15 is 0 Å². The minimum Gasteiger partial charge on any atom is 0 e. The molecule has 0 bridgehead atoms. The van der Waals surface area contributed by atoms with Crippen LogP contribution in [0.1, 0.15) is 0 Å². The average Bonchev–Trinajstić information content (AvgIpc) is 0. The first kappa shape index (κ1) is 78.0. The van der Waals surface area contributed by atoms with Crippen LogP contribution in [0.4, 0.5) is 0 Å². The van der Waals surface area contributed by atoms with Gasteiger partial charge in [-0.25, -0.2) is 0 Å². The molecule has 0 saturated heterocycles. The van der Waals surface area contributed by atoms with Gasteiger partial charge in [0.05, 0.1) is 0 Å². The first-order valence-electron chi connectivity index (χ1n) is 0. The molecule has 0 aromatic carbocycles. The van der Waals surface area contributed by atoms with Gasteiger partial charge in [0, 0.05) is 19.5 Å². The molecule has 0 rings (SSSR count). The van der Waals surface area contributed by atoms with Crippen LogP contribution < -0.4 is 6.15 Å². The molecule has 3 N–H and O–H groups in total. The molecule has 6 heteroatoms. The number of rotatable bonds is 0. The monoisotopic (exact) mass is 213 g/mol. The predicted octanol–water partition coefficient (Wildman–Crippen LogP) is 0.776. The molecule has 6 heavy (non-hydrogen) atoms. The summed E-state index contributed by atoms with van der Waals surface area (Å²) in [5.74, 6) is 0. The van der Waals surface area contributed by atoms with E-state index in [9.17, 15) is 0 Å². The Hall–Kier alpha value is 2.45. The first-order valence-corrected chi connectivity index (χ1v) is 0. The molecule has 0 saturated carbocycles. The van der Waals surface area contributed by atoms with Crippen molar-refractivity contribution >= 4 is 66.8 Å². The Kier molecular flexibility index (Phi) is 671. The largest absolute Gasteiger partial charge is 0 e. The molecule has 0 aromatic heterocycles. The second-order valence-corrected chi connectivity index (χ2v) is 0. The maximum Gasteiger partial charge on any atom is 0 e. The van der Waals surface area contributed by atoms with Gasteiger partial charge in [0.2, 0.25) is 0 Å². The Morgan fingerprint density at radius 2 is 0.667 bits per heavy atom. The summed E-state index contributed by atoms with van der Waals surface area (Å²) in [7, 11) is 0. The summed E-state index contributed by atoms with van der Waals surface area (Å²) in [5, 5.41) is 0. The second-order valence-electron chi connectivity index (χ2n) is 0. The quantitative estimate of drug-likeness (QED) is 0.596. The van der Waals surface area contributed by atoms with Crippen molar-refractivity contribution in [2.24, 2.45) is 0 Å². The van der Waals surface area contributed by atoms with E-state index in [0.29, 0.717) is 0 Å². The third-order valence-corrected chi connectivity index (χ3v) is 0. The van der Waals surface area contributed by atoms with E-state index in [1.807, 2.05) is 0 Å². The van der Waals surface area contributed by atoms with Gasteiger partial charge in [0.25, 0.3) is 0 Å². The zero-order valence-corrected chi connectivity index (χ0v) is 8.06. The van der Waals surface area contributed by atoms with Crippen LogP contribution in [0.15, 0.2) is 0 Å². The minimum absolute atomic E-state index is 0. The Morgan fingerprint density at radius 3 is 0.667 bits per heavy atom. The van der Waals surface area contributed by atoms with Gasteiger partial charge in [0.1, 0.15) is 0 Å². The third kappa shape index (κ3) is 31.9. The van der Waals surface area contributed by atoms with Gasteiger partial charge in [-0.2, -0.15) is 0 Å². The van der Waals surface area contributed by atoms with Gasteiger partial charge >= 0.3 is 29.6 Å². The van der Waals surface area contributed by atoms with Crippen LogP contribution in [0.3, 0.4) is 0 Å². The molecular weight excluding hydrogens is 209 g/mol. The van der Waals surface area contributed by atoms with E-state index in [0.717, 1.165) is 0 Å². The summed E-state index contributed by atoms with van der Waals surface area (Å²) in [6, 6.07) is 0.